The van der Waals surface area contributed by atoms with E-state index >= 15 is 0 Å². The number of aryl methyl sites for hydroxylation is 1. The number of hydroxylamine groups is 1. The Labute approximate surface area is 184 Å². The van der Waals surface area contributed by atoms with Gasteiger partial charge in [-0.3, -0.25) is 19.6 Å². The van der Waals surface area contributed by atoms with Crippen LogP contribution in [0.2, 0.25) is 5.02 Å². The topological polar surface area (TPSA) is 73.6 Å². The van der Waals surface area contributed by atoms with Crippen molar-refractivity contribution in [3.8, 4) is 10.6 Å². The van der Waals surface area contributed by atoms with Gasteiger partial charge in [-0.1, -0.05) is 17.7 Å². The van der Waals surface area contributed by atoms with Gasteiger partial charge in [0.05, 0.1) is 9.75 Å². The molecule has 30 heavy (non-hydrogen) atoms. The molecule has 0 saturated carbocycles. The van der Waals surface area contributed by atoms with E-state index in [1.807, 2.05) is 41.2 Å². The Morgan fingerprint density at radius 3 is 2.73 bits per heavy atom. The van der Waals surface area contributed by atoms with Crippen molar-refractivity contribution in [1.29, 1.82) is 0 Å². The van der Waals surface area contributed by atoms with Gasteiger partial charge in [0.2, 0.25) is 0 Å². The number of anilines is 1. The molecule has 1 aliphatic heterocycles. The maximum absolute atomic E-state index is 11.5. The highest BCUT2D eigenvalue weighted by Crippen LogP contribution is 2.26. The zero-order valence-electron chi connectivity index (χ0n) is 16.5. The second kappa shape index (κ2) is 9.61. The number of hydrogen-bond acceptors (Lipinski definition) is 6. The average molecular weight is 446 g/mol. The molecule has 9 heteroatoms. The third-order valence-electron chi connectivity index (χ3n) is 5.23. The molecule has 3 aromatic rings. The summed E-state index contributed by atoms with van der Waals surface area (Å²) in [5, 5.41) is 14.1. The molecule has 1 aliphatic rings. The molecule has 0 unspecified atom stereocenters. The number of benzene rings is 1. The summed E-state index contributed by atoms with van der Waals surface area (Å²) in [4.78, 5) is 17.7. The number of amides is 1. The van der Waals surface area contributed by atoms with E-state index in [2.05, 4.69) is 21.0 Å². The highest BCUT2D eigenvalue weighted by atomic mass is 35.5. The minimum atomic E-state index is -0.499. The fourth-order valence-electron chi connectivity index (χ4n) is 3.63. The van der Waals surface area contributed by atoms with Crippen LogP contribution in [0.15, 0.2) is 48.7 Å². The number of piperazine rings is 1. The lowest BCUT2D eigenvalue weighted by molar-refractivity contribution is 0.0711. The predicted octanol–water partition coefficient (Wildman–Crippen LogP) is 3.60. The Hall–Kier alpha value is -2.39. The van der Waals surface area contributed by atoms with Crippen LogP contribution in [-0.2, 0) is 6.54 Å². The van der Waals surface area contributed by atoms with Gasteiger partial charge in [-0.05, 0) is 42.8 Å². The molecule has 0 radical (unpaired) electrons. The van der Waals surface area contributed by atoms with Crippen molar-refractivity contribution in [3.63, 3.8) is 0 Å². The zero-order chi connectivity index (χ0) is 20.9. The van der Waals surface area contributed by atoms with Gasteiger partial charge in [-0.2, -0.15) is 5.10 Å². The molecule has 2 aromatic heterocycles. The van der Waals surface area contributed by atoms with Crippen LogP contribution in [0.3, 0.4) is 0 Å². The van der Waals surface area contributed by atoms with E-state index in [1.54, 1.807) is 11.5 Å². The van der Waals surface area contributed by atoms with Crippen LogP contribution in [-0.4, -0.2) is 58.5 Å². The first kappa shape index (κ1) is 20.9. The Morgan fingerprint density at radius 1 is 1.13 bits per heavy atom. The summed E-state index contributed by atoms with van der Waals surface area (Å²) < 4.78 is 1.95. The molecule has 1 fully saturated rings. The molecule has 0 bridgehead atoms. The van der Waals surface area contributed by atoms with Crippen molar-refractivity contribution in [3.05, 3.63) is 58.6 Å². The Kier molecular flexibility index (Phi) is 6.69. The van der Waals surface area contributed by atoms with Gasteiger partial charge in [0.15, 0.2) is 0 Å². The quantitative estimate of drug-likeness (QED) is 0.429. The number of hydrogen-bond donors (Lipinski definition) is 2. The van der Waals surface area contributed by atoms with Crippen molar-refractivity contribution in [2.75, 3.05) is 37.6 Å². The SMILES string of the molecule is O=C(NO)c1ccc(-c2ccn(CCCN3CCN(c4cccc(Cl)c4)CC3)n2)s1. The third-order valence-corrected chi connectivity index (χ3v) is 6.57. The normalized spacial score (nSPS) is 14.8. The highest BCUT2D eigenvalue weighted by molar-refractivity contribution is 7.17. The summed E-state index contributed by atoms with van der Waals surface area (Å²) in [6, 6.07) is 13.5. The van der Waals surface area contributed by atoms with Gasteiger partial charge < -0.3 is 4.90 Å². The van der Waals surface area contributed by atoms with Crippen LogP contribution >= 0.6 is 22.9 Å². The van der Waals surface area contributed by atoms with Crippen LogP contribution in [0.1, 0.15) is 16.1 Å². The fourth-order valence-corrected chi connectivity index (χ4v) is 4.67. The van der Waals surface area contributed by atoms with Crippen LogP contribution in [0, 0.1) is 0 Å². The van der Waals surface area contributed by atoms with Crippen LogP contribution < -0.4 is 10.4 Å². The van der Waals surface area contributed by atoms with Gasteiger partial charge in [0.25, 0.3) is 5.91 Å². The number of nitrogens with one attached hydrogen (secondary N) is 1. The van der Waals surface area contributed by atoms with Crippen LogP contribution in [0.5, 0.6) is 0 Å². The van der Waals surface area contributed by atoms with Gasteiger partial charge in [-0.25, -0.2) is 5.48 Å². The minimum Gasteiger partial charge on any atom is -0.369 e. The molecule has 0 atom stereocenters. The Balaban J connectivity index is 1.23. The molecule has 1 saturated heterocycles. The van der Waals surface area contributed by atoms with Gasteiger partial charge >= 0.3 is 0 Å². The maximum atomic E-state index is 11.5. The van der Waals surface area contributed by atoms with E-state index in [9.17, 15) is 4.79 Å². The van der Waals surface area contributed by atoms with Crippen molar-refractivity contribution in [2.45, 2.75) is 13.0 Å². The van der Waals surface area contributed by atoms with Crippen LogP contribution in [0.4, 0.5) is 5.69 Å². The maximum Gasteiger partial charge on any atom is 0.284 e. The lowest BCUT2D eigenvalue weighted by atomic mass is 10.2. The first-order valence-electron chi connectivity index (χ1n) is 9.93. The summed E-state index contributed by atoms with van der Waals surface area (Å²) in [5.74, 6) is -0.499. The number of rotatable bonds is 7. The van der Waals surface area contributed by atoms with E-state index in [0.29, 0.717) is 4.88 Å². The first-order chi connectivity index (χ1) is 14.6. The second-order valence-electron chi connectivity index (χ2n) is 7.23. The molecule has 0 spiro atoms. The largest absolute Gasteiger partial charge is 0.369 e. The molecule has 2 N–H and O–H groups in total. The zero-order valence-corrected chi connectivity index (χ0v) is 18.1. The van der Waals surface area contributed by atoms with Crippen molar-refractivity contribution in [2.24, 2.45) is 0 Å². The highest BCUT2D eigenvalue weighted by Gasteiger charge is 2.17. The summed E-state index contributed by atoms with van der Waals surface area (Å²) in [6.07, 6.45) is 3.00. The molecule has 158 valence electrons. The summed E-state index contributed by atoms with van der Waals surface area (Å²) in [6.45, 7) is 5.99. The van der Waals surface area contributed by atoms with E-state index < -0.39 is 5.91 Å². The van der Waals surface area contributed by atoms with Gasteiger partial charge in [-0.15, -0.1) is 11.3 Å². The molecular weight excluding hydrogens is 422 g/mol. The molecule has 3 heterocycles. The standard InChI is InChI=1S/C21H24ClN5O2S/c22-16-3-1-4-17(15-16)26-13-11-25(12-14-26)8-2-9-27-10-7-18(23-27)19-5-6-20(30-19)21(28)24-29/h1,3-7,10,15,29H,2,8-9,11-14H2,(H,24,28). The Bertz CT molecular complexity index is 997. The van der Waals surface area contributed by atoms with Crippen molar-refractivity contribution < 1.29 is 10.0 Å². The minimum absolute atomic E-state index is 0.457. The first-order valence-corrected chi connectivity index (χ1v) is 11.1. The lowest BCUT2D eigenvalue weighted by Gasteiger charge is -2.36. The smallest absolute Gasteiger partial charge is 0.284 e. The lowest BCUT2D eigenvalue weighted by Crippen LogP contribution is -2.46. The van der Waals surface area contributed by atoms with E-state index in [1.165, 1.54) is 17.0 Å². The van der Waals surface area contributed by atoms with E-state index in [0.717, 1.165) is 61.3 Å². The Morgan fingerprint density at radius 2 is 1.97 bits per heavy atom. The number of aromatic nitrogens is 2. The third kappa shape index (κ3) is 5.02. The average Bonchev–Trinajstić information content (AvgIpc) is 3.43. The molecular formula is C21H24ClN5O2S. The summed E-state index contributed by atoms with van der Waals surface area (Å²) >= 11 is 7.42. The number of carbonyl (C=O) groups excluding carboxylic acids is 1. The molecule has 1 aromatic carbocycles. The van der Waals surface area contributed by atoms with E-state index in [-0.39, 0.29) is 0 Å². The number of thiophene rings is 1. The van der Waals surface area contributed by atoms with Crippen LogP contribution in [0.25, 0.3) is 10.6 Å². The molecule has 7 nitrogen and oxygen atoms in total. The number of nitrogens with zero attached hydrogens (tertiary/aromatic N) is 4. The number of carbonyl (C=O) groups is 1. The van der Waals surface area contributed by atoms with Crippen molar-refractivity contribution >= 4 is 34.5 Å². The summed E-state index contributed by atoms with van der Waals surface area (Å²) in [7, 11) is 0. The molecule has 4 rings (SSSR count). The monoisotopic (exact) mass is 445 g/mol. The second-order valence-corrected chi connectivity index (χ2v) is 8.75. The van der Waals surface area contributed by atoms with E-state index in [4.69, 9.17) is 16.8 Å². The number of halogens is 1. The summed E-state index contributed by atoms with van der Waals surface area (Å²) in [5.41, 5.74) is 3.69. The molecule has 0 aliphatic carbocycles. The van der Waals surface area contributed by atoms with Gasteiger partial charge in [0.1, 0.15) is 5.69 Å². The predicted molar refractivity (Wildman–Crippen MR) is 120 cm³/mol. The van der Waals surface area contributed by atoms with Crippen molar-refractivity contribution in [1.82, 2.24) is 20.2 Å². The molecule has 1 amide bonds. The fraction of sp³-hybridized carbons (Fsp3) is 0.333. The van der Waals surface area contributed by atoms with Gasteiger partial charge in [0, 0.05) is 56.2 Å².